The van der Waals surface area contributed by atoms with E-state index in [1.54, 1.807) is 12.4 Å². The first kappa shape index (κ1) is 11.4. The van der Waals surface area contributed by atoms with Crippen molar-refractivity contribution in [2.75, 3.05) is 33.3 Å². The number of rotatable bonds is 4. The van der Waals surface area contributed by atoms with Gasteiger partial charge in [-0.15, -0.1) is 0 Å². The molecule has 0 amide bonds. The van der Waals surface area contributed by atoms with Crippen molar-refractivity contribution in [3.05, 3.63) is 24.3 Å². The summed E-state index contributed by atoms with van der Waals surface area (Å²) in [5.74, 6) is 0.855. The van der Waals surface area contributed by atoms with Gasteiger partial charge >= 0.3 is 0 Å². The monoisotopic (exact) mass is 222 g/mol. The second-order valence-corrected chi connectivity index (χ2v) is 4.06. The van der Waals surface area contributed by atoms with E-state index in [1.807, 2.05) is 6.07 Å². The van der Waals surface area contributed by atoms with Crippen LogP contribution in [0.25, 0.3) is 0 Å². The van der Waals surface area contributed by atoms with Gasteiger partial charge < -0.3 is 10.1 Å². The highest BCUT2D eigenvalue weighted by Gasteiger charge is 2.15. The molecule has 1 saturated heterocycles. The van der Waals surface area contributed by atoms with E-state index in [0.717, 1.165) is 38.6 Å². The fourth-order valence-corrected chi connectivity index (χ4v) is 1.80. The van der Waals surface area contributed by atoms with Gasteiger partial charge in [0.15, 0.2) is 0 Å². The Morgan fingerprint density at radius 2 is 2.31 bits per heavy atom. The normalized spacial score (nSPS) is 21.2. The Bertz CT molecular complexity index is 300. The van der Waals surface area contributed by atoms with Crippen molar-refractivity contribution in [2.24, 2.45) is 0 Å². The summed E-state index contributed by atoms with van der Waals surface area (Å²) in [7, 11) is 2.06. The number of nitrogens with zero attached hydrogens (tertiary/aromatic N) is 3. The zero-order valence-corrected chi connectivity index (χ0v) is 9.59. The molecule has 0 saturated carbocycles. The lowest BCUT2D eigenvalue weighted by molar-refractivity contribution is 0.00849. The minimum Gasteiger partial charge on any atom is -0.374 e. The molecule has 16 heavy (non-hydrogen) atoms. The highest BCUT2D eigenvalue weighted by atomic mass is 16.5. The molecule has 2 rings (SSSR count). The number of hydrogen-bond acceptors (Lipinski definition) is 5. The second-order valence-electron chi connectivity index (χ2n) is 4.06. The van der Waals surface area contributed by atoms with Gasteiger partial charge in [0.25, 0.3) is 0 Å². The fourth-order valence-electron chi connectivity index (χ4n) is 1.80. The van der Waals surface area contributed by atoms with Crippen LogP contribution in [0.4, 0.5) is 0 Å². The summed E-state index contributed by atoms with van der Waals surface area (Å²) in [6.45, 7) is 4.37. The van der Waals surface area contributed by atoms with Crippen LogP contribution in [0.1, 0.15) is 5.82 Å². The lowest BCUT2D eigenvalue weighted by atomic mass is 10.3. The molecule has 88 valence electrons. The quantitative estimate of drug-likeness (QED) is 0.771. The first-order chi connectivity index (χ1) is 7.84. The van der Waals surface area contributed by atoms with Crippen LogP contribution in [-0.2, 0) is 11.3 Å². The van der Waals surface area contributed by atoms with Crippen LogP contribution in [0, 0.1) is 0 Å². The van der Waals surface area contributed by atoms with Crippen LogP contribution in [0.5, 0.6) is 0 Å². The van der Waals surface area contributed by atoms with Crippen LogP contribution in [0.2, 0.25) is 0 Å². The Morgan fingerprint density at radius 3 is 3.00 bits per heavy atom. The van der Waals surface area contributed by atoms with Crippen molar-refractivity contribution < 1.29 is 4.74 Å². The van der Waals surface area contributed by atoms with Crippen LogP contribution in [0.3, 0.4) is 0 Å². The van der Waals surface area contributed by atoms with Gasteiger partial charge in [0, 0.05) is 32.0 Å². The van der Waals surface area contributed by atoms with Gasteiger partial charge in [-0.2, -0.15) is 0 Å². The smallest absolute Gasteiger partial charge is 0.142 e. The highest BCUT2D eigenvalue weighted by Crippen LogP contribution is 2.01. The molecule has 1 aliphatic rings. The number of hydrogen-bond donors (Lipinski definition) is 1. The molecule has 1 unspecified atom stereocenters. The Morgan fingerprint density at radius 1 is 1.50 bits per heavy atom. The van der Waals surface area contributed by atoms with Gasteiger partial charge in [0.2, 0.25) is 0 Å². The van der Waals surface area contributed by atoms with E-state index < -0.39 is 0 Å². The van der Waals surface area contributed by atoms with Crippen molar-refractivity contribution in [3.63, 3.8) is 0 Å². The predicted molar refractivity (Wildman–Crippen MR) is 61.0 cm³/mol. The molecular weight excluding hydrogens is 204 g/mol. The largest absolute Gasteiger partial charge is 0.374 e. The zero-order valence-electron chi connectivity index (χ0n) is 9.59. The van der Waals surface area contributed by atoms with Gasteiger partial charge in [-0.3, -0.25) is 4.90 Å². The van der Waals surface area contributed by atoms with Crippen LogP contribution < -0.4 is 5.32 Å². The average molecular weight is 222 g/mol. The van der Waals surface area contributed by atoms with Crippen molar-refractivity contribution in [1.82, 2.24) is 20.2 Å². The van der Waals surface area contributed by atoms with E-state index in [0.29, 0.717) is 0 Å². The van der Waals surface area contributed by atoms with Crippen LogP contribution in [-0.4, -0.2) is 54.3 Å². The summed E-state index contributed by atoms with van der Waals surface area (Å²) in [6.07, 6.45) is 3.83. The van der Waals surface area contributed by atoms with Crippen LogP contribution >= 0.6 is 0 Å². The number of ether oxygens (including phenoxy) is 1. The first-order valence-electron chi connectivity index (χ1n) is 5.61. The molecule has 2 heterocycles. The van der Waals surface area contributed by atoms with Crippen molar-refractivity contribution in [1.29, 1.82) is 0 Å². The third kappa shape index (κ3) is 3.52. The van der Waals surface area contributed by atoms with Gasteiger partial charge in [0.05, 0.1) is 19.3 Å². The molecular formula is C11H18N4O. The molecule has 5 nitrogen and oxygen atoms in total. The van der Waals surface area contributed by atoms with E-state index in [-0.39, 0.29) is 6.10 Å². The summed E-state index contributed by atoms with van der Waals surface area (Å²) in [5, 5.41) is 3.32. The first-order valence-corrected chi connectivity index (χ1v) is 5.61. The molecule has 1 aromatic rings. The summed E-state index contributed by atoms with van der Waals surface area (Å²) in [5.41, 5.74) is 0. The lowest BCUT2D eigenvalue weighted by Crippen LogP contribution is -2.44. The molecule has 5 heteroatoms. The van der Waals surface area contributed by atoms with Gasteiger partial charge in [-0.05, 0) is 13.1 Å². The molecule has 0 spiro atoms. The number of aromatic nitrogens is 2. The average Bonchev–Trinajstić information content (AvgIpc) is 2.31. The maximum Gasteiger partial charge on any atom is 0.142 e. The Kier molecular flexibility index (Phi) is 4.21. The molecule has 1 aromatic heterocycles. The highest BCUT2D eigenvalue weighted by molar-refractivity contribution is 4.88. The molecule has 0 radical (unpaired) electrons. The second kappa shape index (κ2) is 5.89. The van der Waals surface area contributed by atoms with E-state index >= 15 is 0 Å². The number of likely N-dealkylation sites (N-methyl/N-ethyl adjacent to an activating group) is 1. The topological polar surface area (TPSA) is 50.3 Å². The minimum absolute atomic E-state index is 0.280. The molecule has 1 atom stereocenters. The molecule has 1 N–H and O–H groups in total. The molecule has 0 aromatic carbocycles. The van der Waals surface area contributed by atoms with Gasteiger partial charge in [0.1, 0.15) is 5.82 Å². The van der Waals surface area contributed by atoms with Crippen molar-refractivity contribution in [2.45, 2.75) is 12.6 Å². The van der Waals surface area contributed by atoms with E-state index in [2.05, 4.69) is 27.2 Å². The maximum absolute atomic E-state index is 5.64. The predicted octanol–water partition coefficient (Wildman–Crippen LogP) is -0.103. The van der Waals surface area contributed by atoms with Crippen LogP contribution in [0.15, 0.2) is 18.5 Å². The molecule has 0 aliphatic carbocycles. The summed E-state index contributed by atoms with van der Waals surface area (Å²) in [6, 6.07) is 1.83. The standard InChI is InChI=1S/C11H18N4O/c1-15(8-10-7-12-5-6-16-10)9-11-13-3-2-4-14-11/h2-4,10,12H,5-9H2,1H3. The van der Waals surface area contributed by atoms with Gasteiger partial charge in [-0.25, -0.2) is 9.97 Å². The summed E-state index contributed by atoms with van der Waals surface area (Å²) in [4.78, 5) is 10.6. The molecule has 1 aliphatic heterocycles. The lowest BCUT2D eigenvalue weighted by Gasteiger charge is -2.27. The number of nitrogens with one attached hydrogen (secondary N) is 1. The number of morpholine rings is 1. The minimum atomic E-state index is 0.280. The third-order valence-electron chi connectivity index (χ3n) is 2.55. The van der Waals surface area contributed by atoms with E-state index in [1.165, 1.54) is 0 Å². The zero-order chi connectivity index (χ0) is 11.2. The summed E-state index contributed by atoms with van der Waals surface area (Å²) < 4.78 is 5.64. The Balaban J connectivity index is 1.77. The van der Waals surface area contributed by atoms with Crippen molar-refractivity contribution >= 4 is 0 Å². The van der Waals surface area contributed by atoms with Crippen molar-refractivity contribution in [3.8, 4) is 0 Å². The van der Waals surface area contributed by atoms with E-state index in [9.17, 15) is 0 Å². The third-order valence-corrected chi connectivity index (χ3v) is 2.55. The molecule has 1 fully saturated rings. The molecule has 0 bridgehead atoms. The van der Waals surface area contributed by atoms with Gasteiger partial charge in [-0.1, -0.05) is 0 Å². The Hall–Kier alpha value is -1.04. The summed E-state index contributed by atoms with van der Waals surface area (Å²) >= 11 is 0. The fraction of sp³-hybridized carbons (Fsp3) is 0.636. The maximum atomic E-state index is 5.64. The SMILES string of the molecule is CN(Cc1ncccn1)CC1CNCCO1. The Labute approximate surface area is 95.8 Å². The van der Waals surface area contributed by atoms with E-state index in [4.69, 9.17) is 4.74 Å².